The quantitative estimate of drug-likeness (QED) is 0.874. The van der Waals surface area contributed by atoms with Gasteiger partial charge in [0.1, 0.15) is 11.4 Å². The average Bonchev–Trinajstić information content (AvgIpc) is 2.87. The summed E-state index contributed by atoms with van der Waals surface area (Å²) >= 11 is 0. The molecule has 130 valence electrons. The Bertz CT molecular complexity index is 507. The minimum atomic E-state index is -0.452. The van der Waals surface area contributed by atoms with Gasteiger partial charge in [-0.1, -0.05) is 12.8 Å². The number of nitrogens with one attached hydrogen (secondary N) is 2. The van der Waals surface area contributed by atoms with Crippen LogP contribution in [0.4, 0.5) is 4.79 Å². The molecule has 2 atom stereocenters. The molecule has 0 bridgehead atoms. The average molecular weight is 322 g/mol. The highest BCUT2D eigenvalue weighted by Gasteiger charge is 2.26. The standard InChI is InChI=1S/C17H30N4O2/c1-17(2,3)23-16(22)20-11-13-7-5-6-8-14(13)19-12-15-18-9-10-21(15)4/h9-10,13-14,19H,5-8,11-12H2,1-4H3,(H,20,22). The van der Waals surface area contributed by atoms with Gasteiger partial charge in [0, 0.05) is 32.0 Å². The predicted molar refractivity (Wildman–Crippen MR) is 90.0 cm³/mol. The molecule has 1 saturated carbocycles. The van der Waals surface area contributed by atoms with Crippen molar-refractivity contribution in [2.24, 2.45) is 13.0 Å². The van der Waals surface area contributed by atoms with Crippen LogP contribution in [0.1, 0.15) is 52.3 Å². The molecule has 6 heteroatoms. The fraction of sp³-hybridized carbons (Fsp3) is 0.765. The van der Waals surface area contributed by atoms with Gasteiger partial charge in [-0.3, -0.25) is 0 Å². The molecule has 1 aliphatic carbocycles. The van der Waals surface area contributed by atoms with Gasteiger partial charge in [-0.25, -0.2) is 9.78 Å². The van der Waals surface area contributed by atoms with Crippen LogP contribution >= 0.6 is 0 Å². The number of hydrogen-bond acceptors (Lipinski definition) is 4. The van der Waals surface area contributed by atoms with E-state index < -0.39 is 5.60 Å². The molecule has 2 N–H and O–H groups in total. The molecule has 0 radical (unpaired) electrons. The van der Waals surface area contributed by atoms with Crippen LogP contribution in [0.15, 0.2) is 12.4 Å². The van der Waals surface area contributed by atoms with Gasteiger partial charge in [0.15, 0.2) is 0 Å². The van der Waals surface area contributed by atoms with E-state index in [1.54, 1.807) is 0 Å². The Hall–Kier alpha value is -1.56. The second kappa shape index (κ2) is 7.81. The van der Waals surface area contributed by atoms with E-state index in [4.69, 9.17) is 4.74 Å². The molecule has 1 aromatic heterocycles. The highest BCUT2D eigenvalue weighted by atomic mass is 16.6. The monoisotopic (exact) mass is 322 g/mol. The van der Waals surface area contributed by atoms with Crippen molar-refractivity contribution < 1.29 is 9.53 Å². The molecule has 1 heterocycles. The first kappa shape index (κ1) is 17.8. The Morgan fingerprint density at radius 3 is 2.78 bits per heavy atom. The topological polar surface area (TPSA) is 68.2 Å². The van der Waals surface area contributed by atoms with Crippen molar-refractivity contribution in [2.75, 3.05) is 6.54 Å². The first-order chi connectivity index (χ1) is 10.8. The van der Waals surface area contributed by atoms with Crippen LogP contribution in [0, 0.1) is 5.92 Å². The van der Waals surface area contributed by atoms with Crippen molar-refractivity contribution in [3.63, 3.8) is 0 Å². The zero-order valence-corrected chi connectivity index (χ0v) is 14.8. The summed E-state index contributed by atoms with van der Waals surface area (Å²) in [7, 11) is 2.01. The van der Waals surface area contributed by atoms with Gasteiger partial charge in [0.2, 0.25) is 0 Å². The van der Waals surface area contributed by atoms with Crippen molar-refractivity contribution in [3.8, 4) is 0 Å². The van der Waals surface area contributed by atoms with E-state index in [1.807, 2.05) is 44.8 Å². The van der Waals surface area contributed by atoms with Crippen molar-refractivity contribution in [3.05, 3.63) is 18.2 Å². The molecule has 0 aliphatic heterocycles. The number of ether oxygens (including phenoxy) is 1. The molecule has 1 aliphatic rings. The lowest BCUT2D eigenvalue weighted by Crippen LogP contribution is -2.45. The highest BCUT2D eigenvalue weighted by molar-refractivity contribution is 5.67. The maximum absolute atomic E-state index is 11.8. The molecule has 2 rings (SSSR count). The van der Waals surface area contributed by atoms with Crippen molar-refractivity contribution >= 4 is 6.09 Å². The van der Waals surface area contributed by atoms with Gasteiger partial charge in [0.05, 0.1) is 6.54 Å². The molecule has 1 amide bonds. The van der Waals surface area contributed by atoms with Gasteiger partial charge in [-0.2, -0.15) is 0 Å². The molecule has 0 spiro atoms. The van der Waals surface area contributed by atoms with E-state index in [0.717, 1.165) is 25.2 Å². The van der Waals surface area contributed by atoms with E-state index in [0.29, 0.717) is 18.5 Å². The summed E-state index contributed by atoms with van der Waals surface area (Å²) in [5.74, 6) is 1.48. The molecule has 23 heavy (non-hydrogen) atoms. The third-order valence-corrected chi connectivity index (χ3v) is 4.26. The fourth-order valence-electron chi connectivity index (χ4n) is 3.04. The number of hydrogen-bond donors (Lipinski definition) is 2. The smallest absolute Gasteiger partial charge is 0.407 e. The number of amides is 1. The fourth-order valence-corrected chi connectivity index (χ4v) is 3.04. The zero-order chi connectivity index (χ0) is 16.9. The number of carbonyl (C=O) groups excluding carboxylic acids is 1. The maximum atomic E-state index is 11.8. The summed E-state index contributed by atoms with van der Waals surface area (Å²) in [5, 5.41) is 6.53. The van der Waals surface area contributed by atoms with Gasteiger partial charge in [-0.05, 0) is 39.5 Å². The van der Waals surface area contributed by atoms with Crippen LogP contribution in [0.3, 0.4) is 0 Å². The molecule has 6 nitrogen and oxygen atoms in total. The Morgan fingerprint density at radius 2 is 2.13 bits per heavy atom. The van der Waals surface area contributed by atoms with Crippen LogP contribution in [-0.4, -0.2) is 33.8 Å². The first-order valence-corrected chi connectivity index (χ1v) is 8.51. The number of imidazole rings is 1. The highest BCUT2D eigenvalue weighted by Crippen LogP contribution is 2.24. The number of aromatic nitrogens is 2. The summed E-state index contributed by atoms with van der Waals surface area (Å²) in [4.78, 5) is 16.2. The lowest BCUT2D eigenvalue weighted by Gasteiger charge is -2.32. The summed E-state index contributed by atoms with van der Waals surface area (Å²) < 4.78 is 7.35. The maximum Gasteiger partial charge on any atom is 0.407 e. The molecule has 1 fully saturated rings. The number of aryl methyl sites for hydroxylation is 1. The number of carbonyl (C=O) groups is 1. The van der Waals surface area contributed by atoms with E-state index in [1.165, 1.54) is 12.8 Å². The second-order valence-electron chi connectivity index (χ2n) is 7.37. The van der Waals surface area contributed by atoms with E-state index in [2.05, 4.69) is 15.6 Å². The first-order valence-electron chi connectivity index (χ1n) is 8.51. The number of rotatable bonds is 5. The largest absolute Gasteiger partial charge is 0.444 e. The van der Waals surface area contributed by atoms with Crippen LogP contribution in [0.2, 0.25) is 0 Å². The predicted octanol–water partition coefficient (Wildman–Crippen LogP) is 2.59. The Labute approximate surface area is 139 Å². The Kier molecular flexibility index (Phi) is 6.04. The van der Waals surface area contributed by atoms with Crippen LogP contribution in [-0.2, 0) is 18.3 Å². The van der Waals surface area contributed by atoms with Crippen molar-refractivity contribution in [1.29, 1.82) is 0 Å². The number of alkyl carbamates (subject to hydrolysis) is 1. The Balaban J connectivity index is 1.81. The molecule has 0 saturated heterocycles. The minimum Gasteiger partial charge on any atom is -0.444 e. The third-order valence-electron chi connectivity index (χ3n) is 4.26. The lowest BCUT2D eigenvalue weighted by molar-refractivity contribution is 0.0510. The van der Waals surface area contributed by atoms with Gasteiger partial charge in [-0.15, -0.1) is 0 Å². The van der Waals surface area contributed by atoms with Crippen LogP contribution in [0.25, 0.3) is 0 Å². The van der Waals surface area contributed by atoms with Crippen LogP contribution in [0.5, 0.6) is 0 Å². The second-order valence-corrected chi connectivity index (χ2v) is 7.37. The van der Waals surface area contributed by atoms with E-state index in [-0.39, 0.29) is 6.09 Å². The number of nitrogens with zero attached hydrogens (tertiary/aromatic N) is 2. The van der Waals surface area contributed by atoms with Crippen LogP contribution < -0.4 is 10.6 Å². The Morgan fingerprint density at radius 1 is 1.39 bits per heavy atom. The zero-order valence-electron chi connectivity index (χ0n) is 14.8. The SMILES string of the molecule is Cn1ccnc1CNC1CCCCC1CNC(=O)OC(C)(C)C. The lowest BCUT2D eigenvalue weighted by atomic mass is 9.84. The minimum absolute atomic E-state index is 0.328. The van der Waals surface area contributed by atoms with Gasteiger partial charge >= 0.3 is 6.09 Å². The summed E-state index contributed by atoms with van der Waals surface area (Å²) in [6.45, 7) is 7.06. The normalized spacial score (nSPS) is 21.9. The molecule has 2 unspecified atom stereocenters. The molecule has 1 aromatic rings. The third kappa shape index (κ3) is 5.86. The van der Waals surface area contributed by atoms with Crippen molar-refractivity contribution in [1.82, 2.24) is 20.2 Å². The molecular weight excluding hydrogens is 292 g/mol. The summed E-state index contributed by atoms with van der Waals surface area (Å²) in [6, 6.07) is 0.412. The van der Waals surface area contributed by atoms with Gasteiger partial charge < -0.3 is 19.9 Å². The molecule has 0 aromatic carbocycles. The van der Waals surface area contributed by atoms with Gasteiger partial charge in [0.25, 0.3) is 0 Å². The van der Waals surface area contributed by atoms with Crippen molar-refractivity contribution in [2.45, 2.75) is 64.6 Å². The summed E-state index contributed by atoms with van der Waals surface area (Å²) in [6.07, 6.45) is 8.19. The van der Waals surface area contributed by atoms with E-state index >= 15 is 0 Å². The van der Waals surface area contributed by atoms with E-state index in [9.17, 15) is 4.79 Å². The summed E-state index contributed by atoms with van der Waals surface area (Å²) in [5.41, 5.74) is -0.452. The molecular formula is C17H30N4O2.